The van der Waals surface area contributed by atoms with Crippen molar-refractivity contribution in [1.82, 2.24) is 0 Å². The summed E-state index contributed by atoms with van der Waals surface area (Å²) in [4.78, 5) is 0. The SMILES string of the molecule is CCCNc1cccc(B(N)N)c1. The van der Waals surface area contributed by atoms with Crippen LogP contribution in [0.2, 0.25) is 0 Å². The second-order valence-electron chi connectivity index (χ2n) is 3.08. The van der Waals surface area contributed by atoms with Crippen molar-refractivity contribution in [3.63, 3.8) is 0 Å². The number of rotatable bonds is 4. The van der Waals surface area contributed by atoms with Gasteiger partial charge in [-0.2, -0.15) is 0 Å². The van der Waals surface area contributed by atoms with Crippen molar-refractivity contribution in [3.05, 3.63) is 24.3 Å². The van der Waals surface area contributed by atoms with E-state index in [0.29, 0.717) is 0 Å². The fourth-order valence-corrected chi connectivity index (χ4v) is 1.13. The maximum Gasteiger partial charge on any atom is 0.335 e. The van der Waals surface area contributed by atoms with Gasteiger partial charge in [0.05, 0.1) is 0 Å². The van der Waals surface area contributed by atoms with Crippen LogP contribution in [0.25, 0.3) is 0 Å². The highest BCUT2D eigenvalue weighted by Crippen LogP contribution is 2.03. The zero-order valence-electron chi connectivity index (χ0n) is 7.96. The fourth-order valence-electron chi connectivity index (χ4n) is 1.13. The van der Waals surface area contributed by atoms with Crippen LogP contribution < -0.4 is 22.1 Å². The largest absolute Gasteiger partial charge is 0.385 e. The maximum atomic E-state index is 5.56. The lowest BCUT2D eigenvalue weighted by atomic mass is 9.72. The minimum Gasteiger partial charge on any atom is -0.385 e. The Balaban J connectivity index is 2.68. The van der Waals surface area contributed by atoms with Crippen molar-refractivity contribution in [2.75, 3.05) is 11.9 Å². The number of hydrogen-bond acceptors (Lipinski definition) is 3. The Hall–Kier alpha value is -0.995. The highest BCUT2D eigenvalue weighted by molar-refractivity contribution is 6.67. The minimum absolute atomic E-state index is 0.386. The van der Waals surface area contributed by atoms with E-state index in [0.717, 1.165) is 24.1 Å². The zero-order chi connectivity index (χ0) is 9.68. The summed E-state index contributed by atoms with van der Waals surface area (Å²) in [5.74, 6) is 0. The van der Waals surface area contributed by atoms with Crippen LogP contribution >= 0.6 is 0 Å². The summed E-state index contributed by atoms with van der Waals surface area (Å²) in [5.41, 5.74) is 13.2. The summed E-state index contributed by atoms with van der Waals surface area (Å²) in [7, 11) is 0. The van der Waals surface area contributed by atoms with Gasteiger partial charge in [-0.05, 0) is 24.0 Å². The number of nitrogens with two attached hydrogens (primary N) is 2. The molecule has 1 aromatic rings. The van der Waals surface area contributed by atoms with E-state index in [1.165, 1.54) is 0 Å². The monoisotopic (exact) mass is 177 g/mol. The molecular formula is C9H16BN3. The van der Waals surface area contributed by atoms with Gasteiger partial charge in [0.25, 0.3) is 0 Å². The molecule has 70 valence electrons. The number of benzene rings is 1. The van der Waals surface area contributed by atoms with E-state index in [4.69, 9.17) is 11.3 Å². The van der Waals surface area contributed by atoms with Crippen molar-refractivity contribution < 1.29 is 0 Å². The van der Waals surface area contributed by atoms with Crippen molar-refractivity contribution >= 4 is 18.1 Å². The van der Waals surface area contributed by atoms with Gasteiger partial charge in [-0.1, -0.05) is 19.1 Å². The Kier molecular flexibility index (Phi) is 3.80. The quantitative estimate of drug-likeness (QED) is 0.572. The summed E-state index contributed by atoms with van der Waals surface area (Å²) in [6.07, 6.45) is 1.11. The summed E-state index contributed by atoms with van der Waals surface area (Å²) in [5, 5.41) is 3.28. The van der Waals surface area contributed by atoms with Gasteiger partial charge in [0.15, 0.2) is 0 Å². The van der Waals surface area contributed by atoms with Crippen LogP contribution in [-0.2, 0) is 0 Å². The topological polar surface area (TPSA) is 64.1 Å². The predicted molar refractivity (Wildman–Crippen MR) is 59.0 cm³/mol. The summed E-state index contributed by atoms with van der Waals surface area (Å²) in [6.45, 7) is 2.72. The molecule has 4 heteroatoms. The highest BCUT2D eigenvalue weighted by atomic mass is 14.9. The number of anilines is 1. The Bertz CT molecular complexity index is 263. The van der Waals surface area contributed by atoms with Crippen LogP contribution in [0, 0.1) is 0 Å². The molecule has 1 aromatic carbocycles. The molecule has 0 heterocycles. The first kappa shape index (κ1) is 10.1. The third-order valence-corrected chi connectivity index (χ3v) is 1.85. The molecule has 0 saturated carbocycles. The van der Waals surface area contributed by atoms with Gasteiger partial charge >= 0.3 is 6.98 Å². The molecule has 0 atom stereocenters. The predicted octanol–water partition coefficient (Wildman–Crippen LogP) is 0.121. The highest BCUT2D eigenvalue weighted by Gasteiger charge is 2.04. The van der Waals surface area contributed by atoms with E-state index in [9.17, 15) is 0 Å². The summed E-state index contributed by atoms with van der Waals surface area (Å²) in [6, 6.07) is 7.89. The lowest BCUT2D eigenvalue weighted by Crippen LogP contribution is -2.48. The molecule has 0 bridgehead atoms. The molecule has 0 radical (unpaired) electrons. The second-order valence-corrected chi connectivity index (χ2v) is 3.08. The standard InChI is InChI=1S/C9H16BN3/c1-2-6-13-9-5-3-4-8(7-9)10(11)12/h3-5,7,13H,2,6,11-12H2,1H3. The first-order valence-corrected chi connectivity index (χ1v) is 4.59. The molecule has 5 N–H and O–H groups in total. The molecule has 0 aliphatic rings. The zero-order valence-corrected chi connectivity index (χ0v) is 7.96. The minimum atomic E-state index is -0.386. The van der Waals surface area contributed by atoms with Crippen LogP contribution in [0.15, 0.2) is 24.3 Å². The Morgan fingerprint density at radius 3 is 2.77 bits per heavy atom. The van der Waals surface area contributed by atoms with Gasteiger partial charge in [-0.15, -0.1) is 0 Å². The third kappa shape index (κ3) is 3.09. The van der Waals surface area contributed by atoms with Crippen molar-refractivity contribution in [3.8, 4) is 0 Å². The normalized spacial score (nSPS) is 9.77. The molecule has 0 aliphatic carbocycles. The van der Waals surface area contributed by atoms with Crippen LogP contribution in [0.4, 0.5) is 5.69 Å². The van der Waals surface area contributed by atoms with Gasteiger partial charge in [-0.25, -0.2) is 0 Å². The summed E-state index contributed by atoms with van der Waals surface area (Å²) < 4.78 is 0. The first-order chi connectivity index (χ1) is 6.24. The number of nitrogens with one attached hydrogen (secondary N) is 1. The average molecular weight is 177 g/mol. The fraction of sp³-hybridized carbons (Fsp3) is 0.333. The summed E-state index contributed by atoms with van der Waals surface area (Å²) >= 11 is 0. The molecule has 0 aromatic heterocycles. The van der Waals surface area contributed by atoms with Gasteiger partial charge < -0.3 is 16.6 Å². The van der Waals surface area contributed by atoms with Crippen LogP contribution in [0.5, 0.6) is 0 Å². The van der Waals surface area contributed by atoms with Crippen molar-refractivity contribution in [1.29, 1.82) is 0 Å². The molecule has 0 aliphatic heterocycles. The van der Waals surface area contributed by atoms with E-state index in [-0.39, 0.29) is 6.98 Å². The Labute approximate surface area is 79.6 Å². The van der Waals surface area contributed by atoms with Crippen LogP contribution in [-0.4, -0.2) is 13.5 Å². The molecule has 0 fully saturated rings. The first-order valence-electron chi connectivity index (χ1n) is 4.59. The van der Waals surface area contributed by atoms with E-state index in [1.54, 1.807) is 0 Å². The van der Waals surface area contributed by atoms with Gasteiger partial charge in [0.1, 0.15) is 0 Å². The lowest BCUT2D eigenvalue weighted by molar-refractivity contribution is 0.980. The maximum absolute atomic E-state index is 5.56. The third-order valence-electron chi connectivity index (χ3n) is 1.85. The van der Waals surface area contributed by atoms with Gasteiger partial charge in [0, 0.05) is 12.2 Å². The van der Waals surface area contributed by atoms with E-state index in [1.807, 2.05) is 24.3 Å². The van der Waals surface area contributed by atoms with Gasteiger partial charge in [0.2, 0.25) is 0 Å². The molecule has 0 spiro atoms. The molecule has 0 unspecified atom stereocenters. The lowest BCUT2D eigenvalue weighted by Gasteiger charge is -2.07. The van der Waals surface area contributed by atoms with E-state index >= 15 is 0 Å². The van der Waals surface area contributed by atoms with E-state index < -0.39 is 0 Å². The smallest absolute Gasteiger partial charge is 0.335 e. The van der Waals surface area contributed by atoms with Crippen LogP contribution in [0.1, 0.15) is 13.3 Å². The Morgan fingerprint density at radius 1 is 1.38 bits per heavy atom. The second kappa shape index (κ2) is 4.89. The molecule has 0 amide bonds. The molecular weight excluding hydrogens is 161 g/mol. The molecule has 3 nitrogen and oxygen atoms in total. The van der Waals surface area contributed by atoms with Crippen LogP contribution in [0.3, 0.4) is 0 Å². The average Bonchev–Trinajstić information content (AvgIpc) is 2.15. The van der Waals surface area contributed by atoms with E-state index in [2.05, 4.69) is 12.2 Å². The molecule has 13 heavy (non-hydrogen) atoms. The van der Waals surface area contributed by atoms with Gasteiger partial charge in [-0.3, -0.25) is 0 Å². The Morgan fingerprint density at radius 2 is 2.15 bits per heavy atom. The van der Waals surface area contributed by atoms with Crippen molar-refractivity contribution in [2.24, 2.45) is 11.3 Å². The molecule has 1 rings (SSSR count). The number of hydrogen-bond donors (Lipinski definition) is 3. The molecule has 0 saturated heterocycles. The van der Waals surface area contributed by atoms with Crippen molar-refractivity contribution in [2.45, 2.75) is 13.3 Å².